The Balaban J connectivity index is 2.59. The first-order valence-electron chi connectivity index (χ1n) is 7.44. The average molecular weight is 295 g/mol. The van der Waals surface area contributed by atoms with Crippen LogP contribution in [0.3, 0.4) is 0 Å². The van der Waals surface area contributed by atoms with E-state index in [1.807, 2.05) is 6.92 Å². The van der Waals surface area contributed by atoms with E-state index in [1.165, 1.54) is 0 Å². The third-order valence-corrected chi connectivity index (χ3v) is 4.63. The van der Waals surface area contributed by atoms with Gasteiger partial charge in [-0.15, -0.1) is 0 Å². The summed E-state index contributed by atoms with van der Waals surface area (Å²) in [5.41, 5.74) is 5.55. The number of hydrogen-bond donors (Lipinski definition) is 1. The predicted molar refractivity (Wildman–Crippen MR) is 75.6 cm³/mol. The third-order valence-electron chi connectivity index (χ3n) is 4.63. The zero-order chi connectivity index (χ0) is 15.4. The summed E-state index contributed by atoms with van der Waals surface area (Å²) in [6.45, 7) is 7.29. The summed E-state index contributed by atoms with van der Waals surface area (Å²) in [5, 5.41) is 0. The number of nitrogens with two attached hydrogens (primary N) is 1. The lowest BCUT2D eigenvalue weighted by Crippen LogP contribution is -2.61. The van der Waals surface area contributed by atoms with Crippen molar-refractivity contribution >= 4 is 0 Å². The molecule has 3 nitrogen and oxygen atoms in total. The summed E-state index contributed by atoms with van der Waals surface area (Å²) in [7, 11) is 2.11. The maximum Gasteiger partial charge on any atom is 0.389 e. The Kier molecular flexibility index (Phi) is 6.28. The average Bonchev–Trinajstić information content (AvgIpc) is 2.37. The zero-order valence-corrected chi connectivity index (χ0v) is 12.8. The Morgan fingerprint density at radius 1 is 1.20 bits per heavy atom. The molecule has 120 valence electrons. The standard InChI is InChI=1S/C14H28F3N3/c1-4-12-10-20(9-8-19(12)3)13(2,11-18)6-5-7-14(15,16)17/h12H,4-11,18H2,1-3H3. The quantitative estimate of drug-likeness (QED) is 0.817. The van der Waals surface area contributed by atoms with Gasteiger partial charge in [0.1, 0.15) is 0 Å². The third kappa shape index (κ3) is 4.90. The van der Waals surface area contributed by atoms with Crippen LogP contribution in [0, 0.1) is 0 Å². The van der Waals surface area contributed by atoms with Gasteiger partial charge in [-0.3, -0.25) is 4.90 Å². The van der Waals surface area contributed by atoms with Crippen LogP contribution in [0.1, 0.15) is 39.5 Å². The van der Waals surface area contributed by atoms with Crippen LogP contribution < -0.4 is 5.73 Å². The van der Waals surface area contributed by atoms with E-state index in [0.717, 1.165) is 26.1 Å². The van der Waals surface area contributed by atoms with Crippen molar-refractivity contribution in [3.63, 3.8) is 0 Å². The topological polar surface area (TPSA) is 32.5 Å². The van der Waals surface area contributed by atoms with E-state index >= 15 is 0 Å². The maximum atomic E-state index is 12.3. The first kappa shape index (κ1) is 17.7. The Bertz CT molecular complexity index is 296. The minimum absolute atomic E-state index is 0.153. The van der Waals surface area contributed by atoms with Crippen LogP contribution in [-0.4, -0.2) is 60.8 Å². The van der Waals surface area contributed by atoms with E-state index in [2.05, 4.69) is 23.8 Å². The van der Waals surface area contributed by atoms with Crippen molar-refractivity contribution in [1.82, 2.24) is 9.80 Å². The molecule has 2 atom stereocenters. The molecule has 6 heteroatoms. The van der Waals surface area contributed by atoms with Gasteiger partial charge < -0.3 is 10.6 Å². The number of nitrogens with zero attached hydrogens (tertiary/aromatic N) is 2. The number of rotatable bonds is 6. The van der Waals surface area contributed by atoms with Gasteiger partial charge in [0.2, 0.25) is 0 Å². The fourth-order valence-corrected chi connectivity index (χ4v) is 2.94. The number of halogens is 3. The molecule has 1 rings (SSSR count). The highest BCUT2D eigenvalue weighted by Gasteiger charge is 2.36. The van der Waals surface area contributed by atoms with Gasteiger partial charge in [-0.05, 0) is 33.2 Å². The van der Waals surface area contributed by atoms with Gasteiger partial charge in [0.25, 0.3) is 0 Å². The molecule has 0 amide bonds. The fraction of sp³-hybridized carbons (Fsp3) is 1.00. The van der Waals surface area contributed by atoms with E-state index in [4.69, 9.17) is 5.73 Å². The maximum absolute atomic E-state index is 12.3. The minimum Gasteiger partial charge on any atom is -0.329 e. The van der Waals surface area contributed by atoms with Gasteiger partial charge in [-0.25, -0.2) is 0 Å². The van der Waals surface area contributed by atoms with Crippen LogP contribution in [0.4, 0.5) is 13.2 Å². The van der Waals surface area contributed by atoms with Gasteiger partial charge >= 0.3 is 6.18 Å². The highest BCUT2D eigenvalue weighted by Crippen LogP contribution is 2.29. The molecule has 1 aliphatic heterocycles. The molecule has 2 N–H and O–H groups in total. The lowest BCUT2D eigenvalue weighted by Gasteiger charge is -2.48. The molecule has 1 aliphatic rings. The van der Waals surface area contributed by atoms with E-state index < -0.39 is 12.6 Å². The summed E-state index contributed by atoms with van der Waals surface area (Å²) in [6, 6.07) is 0.470. The van der Waals surface area contributed by atoms with Gasteiger partial charge in [0.15, 0.2) is 0 Å². The van der Waals surface area contributed by atoms with E-state index in [-0.39, 0.29) is 12.0 Å². The van der Waals surface area contributed by atoms with E-state index in [9.17, 15) is 13.2 Å². The molecule has 1 fully saturated rings. The van der Waals surface area contributed by atoms with Crippen molar-refractivity contribution in [3.8, 4) is 0 Å². The predicted octanol–water partition coefficient (Wildman–Crippen LogP) is 2.46. The Morgan fingerprint density at radius 3 is 2.35 bits per heavy atom. The second-order valence-corrected chi connectivity index (χ2v) is 6.16. The number of hydrogen-bond acceptors (Lipinski definition) is 3. The number of likely N-dealkylation sites (N-methyl/N-ethyl adjacent to an activating group) is 1. The highest BCUT2D eigenvalue weighted by molar-refractivity contribution is 4.92. The van der Waals surface area contributed by atoms with Crippen molar-refractivity contribution in [2.24, 2.45) is 5.73 Å². The monoisotopic (exact) mass is 295 g/mol. The molecule has 2 unspecified atom stereocenters. The molecule has 0 aromatic heterocycles. The van der Waals surface area contributed by atoms with Gasteiger partial charge in [0, 0.05) is 44.2 Å². The summed E-state index contributed by atoms with van der Waals surface area (Å²) in [6.07, 6.45) is -3.07. The van der Waals surface area contributed by atoms with Crippen molar-refractivity contribution < 1.29 is 13.2 Å². The van der Waals surface area contributed by atoms with Gasteiger partial charge in [-0.1, -0.05) is 6.92 Å². The van der Waals surface area contributed by atoms with E-state index in [0.29, 0.717) is 19.0 Å². The van der Waals surface area contributed by atoms with Crippen LogP contribution in [0.5, 0.6) is 0 Å². The number of piperazine rings is 1. The van der Waals surface area contributed by atoms with Crippen molar-refractivity contribution in [2.75, 3.05) is 33.2 Å². The van der Waals surface area contributed by atoms with Crippen molar-refractivity contribution in [2.45, 2.75) is 57.3 Å². The molecular weight excluding hydrogens is 267 g/mol. The highest BCUT2D eigenvalue weighted by atomic mass is 19.4. The molecule has 0 spiro atoms. The molecule has 0 bridgehead atoms. The molecule has 0 aromatic carbocycles. The van der Waals surface area contributed by atoms with E-state index in [1.54, 1.807) is 0 Å². The number of alkyl halides is 3. The Labute approximate surface area is 120 Å². The first-order valence-corrected chi connectivity index (χ1v) is 7.44. The fourth-order valence-electron chi connectivity index (χ4n) is 2.94. The summed E-state index contributed by atoms with van der Waals surface area (Å²) in [4.78, 5) is 4.61. The molecule has 1 heterocycles. The van der Waals surface area contributed by atoms with Gasteiger partial charge in [0.05, 0.1) is 0 Å². The van der Waals surface area contributed by atoms with Crippen LogP contribution in [0.2, 0.25) is 0 Å². The second-order valence-electron chi connectivity index (χ2n) is 6.16. The lowest BCUT2D eigenvalue weighted by molar-refractivity contribution is -0.137. The molecule has 1 saturated heterocycles. The SMILES string of the molecule is CCC1CN(C(C)(CN)CCCC(F)(F)F)CCN1C. The molecule has 0 radical (unpaired) electrons. The largest absolute Gasteiger partial charge is 0.389 e. The zero-order valence-electron chi connectivity index (χ0n) is 12.8. The first-order chi connectivity index (χ1) is 9.22. The summed E-state index contributed by atoms with van der Waals surface area (Å²) >= 11 is 0. The lowest BCUT2D eigenvalue weighted by atomic mass is 9.90. The van der Waals surface area contributed by atoms with Crippen LogP contribution in [-0.2, 0) is 0 Å². The van der Waals surface area contributed by atoms with Crippen LogP contribution >= 0.6 is 0 Å². The molecular formula is C14H28F3N3. The van der Waals surface area contributed by atoms with Gasteiger partial charge in [-0.2, -0.15) is 13.2 Å². The Morgan fingerprint density at radius 2 is 1.85 bits per heavy atom. The molecule has 0 aliphatic carbocycles. The Hall–Kier alpha value is -0.330. The molecule has 0 aromatic rings. The smallest absolute Gasteiger partial charge is 0.329 e. The van der Waals surface area contributed by atoms with Crippen LogP contribution in [0.15, 0.2) is 0 Å². The van der Waals surface area contributed by atoms with Crippen molar-refractivity contribution in [3.05, 3.63) is 0 Å². The second kappa shape index (κ2) is 7.09. The molecule has 20 heavy (non-hydrogen) atoms. The normalized spacial score (nSPS) is 25.6. The summed E-state index contributed by atoms with van der Waals surface area (Å²) in [5.74, 6) is 0. The van der Waals surface area contributed by atoms with Crippen LogP contribution in [0.25, 0.3) is 0 Å². The van der Waals surface area contributed by atoms with Crippen molar-refractivity contribution in [1.29, 1.82) is 0 Å². The summed E-state index contributed by atoms with van der Waals surface area (Å²) < 4.78 is 36.9. The minimum atomic E-state index is -4.07. The molecule has 0 saturated carbocycles.